The minimum atomic E-state index is 0.307. The van der Waals surface area contributed by atoms with Gasteiger partial charge in [-0.05, 0) is 24.5 Å². The number of rotatable bonds is 2. The zero-order valence-corrected chi connectivity index (χ0v) is 9.27. The van der Waals surface area contributed by atoms with Gasteiger partial charge in [0.1, 0.15) is 0 Å². The molecule has 1 aliphatic rings. The molecule has 1 saturated carbocycles. The lowest BCUT2D eigenvalue weighted by Crippen LogP contribution is -2.26. The molecule has 1 aliphatic carbocycles. The van der Waals surface area contributed by atoms with Crippen molar-refractivity contribution in [3.05, 3.63) is 12.3 Å². The Labute approximate surface area is 82.6 Å². The van der Waals surface area contributed by atoms with Gasteiger partial charge in [-0.3, -0.25) is 0 Å². The fraction of sp³-hybridized carbons (Fsp3) is 0.833. The molecule has 0 aromatic heterocycles. The normalized spacial score (nSPS) is 20.8. The molecule has 76 valence electrons. The predicted octanol–water partition coefficient (Wildman–Crippen LogP) is 3.47. The lowest BCUT2D eigenvalue weighted by molar-refractivity contribution is 0.402. The minimum Gasteiger partial charge on any atom is -0.388 e. The van der Waals surface area contributed by atoms with E-state index in [0.29, 0.717) is 5.41 Å². The Hall–Kier alpha value is -0.460. The van der Waals surface area contributed by atoms with E-state index in [1.165, 1.54) is 32.1 Å². The Bertz CT molecular complexity index is 158. The maximum absolute atomic E-state index is 3.50. The third-order valence-corrected chi connectivity index (χ3v) is 2.52. The van der Waals surface area contributed by atoms with Gasteiger partial charge in [0, 0.05) is 6.04 Å². The van der Waals surface area contributed by atoms with Crippen LogP contribution in [0.1, 0.15) is 52.9 Å². The predicted molar refractivity (Wildman–Crippen MR) is 58.6 cm³/mol. The van der Waals surface area contributed by atoms with E-state index in [1.54, 1.807) is 0 Å². The molecule has 13 heavy (non-hydrogen) atoms. The van der Waals surface area contributed by atoms with Crippen LogP contribution in [0.25, 0.3) is 0 Å². The molecule has 1 nitrogen and oxygen atoms in total. The van der Waals surface area contributed by atoms with E-state index >= 15 is 0 Å². The van der Waals surface area contributed by atoms with Crippen LogP contribution >= 0.6 is 0 Å². The third kappa shape index (κ3) is 4.97. The monoisotopic (exact) mass is 181 g/mol. The molecule has 0 aromatic rings. The molecule has 0 atom stereocenters. The summed E-state index contributed by atoms with van der Waals surface area (Å²) in [4.78, 5) is 0. The van der Waals surface area contributed by atoms with Crippen molar-refractivity contribution in [1.29, 1.82) is 0 Å². The van der Waals surface area contributed by atoms with Crippen LogP contribution in [0.15, 0.2) is 12.3 Å². The van der Waals surface area contributed by atoms with Gasteiger partial charge in [0.05, 0.1) is 0 Å². The van der Waals surface area contributed by atoms with Crippen molar-refractivity contribution in [2.45, 2.75) is 58.9 Å². The second-order valence-electron chi connectivity index (χ2n) is 5.20. The molecule has 0 aliphatic heterocycles. The van der Waals surface area contributed by atoms with E-state index < -0.39 is 0 Å². The lowest BCUT2D eigenvalue weighted by Gasteiger charge is -2.22. The summed E-state index contributed by atoms with van der Waals surface area (Å²) in [5.41, 5.74) is 0.307. The van der Waals surface area contributed by atoms with Crippen molar-refractivity contribution in [1.82, 2.24) is 5.32 Å². The summed E-state index contributed by atoms with van der Waals surface area (Å²) in [7, 11) is 0. The summed E-state index contributed by atoms with van der Waals surface area (Å²) in [5, 5.41) is 3.50. The topological polar surface area (TPSA) is 12.0 Å². The molecule has 0 amide bonds. The molecule has 1 rings (SSSR count). The first kappa shape index (κ1) is 10.6. The van der Waals surface area contributed by atoms with E-state index in [0.717, 1.165) is 6.04 Å². The number of allylic oxidation sites excluding steroid dienone is 1. The van der Waals surface area contributed by atoms with E-state index in [9.17, 15) is 0 Å². The second kappa shape index (κ2) is 4.69. The summed E-state index contributed by atoms with van der Waals surface area (Å²) in [5.74, 6) is 0. The van der Waals surface area contributed by atoms with Crippen molar-refractivity contribution in [3.63, 3.8) is 0 Å². The van der Waals surface area contributed by atoms with Crippen LogP contribution in [0.2, 0.25) is 0 Å². The van der Waals surface area contributed by atoms with Crippen molar-refractivity contribution < 1.29 is 0 Å². The summed E-state index contributed by atoms with van der Waals surface area (Å²) < 4.78 is 0. The summed E-state index contributed by atoms with van der Waals surface area (Å²) in [6.07, 6.45) is 11.4. The molecule has 0 bridgehead atoms. The molecular weight excluding hydrogens is 158 g/mol. The Morgan fingerprint density at radius 3 is 2.23 bits per heavy atom. The quantitative estimate of drug-likeness (QED) is 0.688. The average Bonchev–Trinajstić information content (AvgIpc) is 2.04. The van der Waals surface area contributed by atoms with Crippen molar-refractivity contribution in [2.24, 2.45) is 5.41 Å². The van der Waals surface area contributed by atoms with Gasteiger partial charge in [-0.2, -0.15) is 0 Å². The van der Waals surface area contributed by atoms with Gasteiger partial charge in [0.2, 0.25) is 0 Å². The van der Waals surface area contributed by atoms with Crippen molar-refractivity contribution in [2.75, 3.05) is 0 Å². The molecule has 0 spiro atoms. The van der Waals surface area contributed by atoms with Crippen LogP contribution < -0.4 is 5.32 Å². The largest absolute Gasteiger partial charge is 0.388 e. The van der Waals surface area contributed by atoms with E-state index in [-0.39, 0.29) is 0 Å². The molecule has 1 heteroatoms. The fourth-order valence-electron chi connectivity index (χ4n) is 1.70. The molecule has 1 N–H and O–H groups in total. The van der Waals surface area contributed by atoms with Gasteiger partial charge in [-0.25, -0.2) is 0 Å². The smallest absolute Gasteiger partial charge is 0.0255 e. The Balaban J connectivity index is 2.21. The summed E-state index contributed by atoms with van der Waals surface area (Å²) in [6.45, 7) is 6.68. The Morgan fingerprint density at radius 2 is 1.69 bits per heavy atom. The van der Waals surface area contributed by atoms with E-state index in [4.69, 9.17) is 0 Å². The first-order valence-electron chi connectivity index (χ1n) is 5.52. The fourth-order valence-corrected chi connectivity index (χ4v) is 1.70. The first-order valence-corrected chi connectivity index (χ1v) is 5.52. The van der Waals surface area contributed by atoms with Crippen LogP contribution in [0, 0.1) is 5.41 Å². The molecule has 0 heterocycles. The highest BCUT2D eigenvalue weighted by Gasteiger charge is 2.11. The maximum atomic E-state index is 3.50. The molecule has 0 radical (unpaired) electrons. The van der Waals surface area contributed by atoms with E-state index in [2.05, 4.69) is 38.4 Å². The zero-order valence-electron chi connectivity index (χ0n) is 9.27. The molecule has 0 aromatic carbocycles. The van der Waals surface area contributed by atoms with Gasteiger partial charge in [-0.15, -0.1) is 0 Å². The highest BCUT2D eigenvalue weighted by molar-refractivity contribution is 4.92. The van der Waals surface area contributed by atoms with E-state index in [1.807, 2.05) is 0 Å². The van der Waals surface area contributed by atoms with Crippen LogP contribution in [0.5, 0.6) is 0 Å². The molecule has 0 saturated heterocycles. The SMILES string of the molecule is CC(C)(C)/C=C\NC1CCCCC1. The van der Waals surface area contributed by atoms with Gasteiger partial charge < -0.3 is 5.32 Å². The zero-order chi connectivity index (χ0) is 9.73. The Morgan fingerprint density at radius 1 is 1.08 bits per heavy atom. The Kier molecular flexibility index (Phi) is 3.83. The number of hydrogen-bond donors (Lipinski definition) is 1. The summed E-state index contributed by atoms with van der Waals surface area (Å²) in [6, 6.07) is 0.743. The van der Waals surface area contributed by atoms with Gasteiger partial charge in [0.15, 0.2) is 0 Å². The van der Waals surface area contributed by atoms with Crippen LogP contribution in [-0.4, -0.2) is 6.04 Å². The standard InChI is InChI=1S/C12H23N/c1-12(2,3)9-10-13-11-7-5-4-6-8-11/h9-11,13H,4-8H2,1-3H3/b10-9-. The highest BCUT2D eigenvalue weighted by atomic mass is 14.9. The number of nitrogens with one attached hydrogen (secondary N) is 1. The first-order chi connectivity index (χ1) is 6.08. The average molecular weight is 181 g/mol. The molecule has 1 fully saturated rings. The number of hydrogen-bond acceptors (Lipinski definition) is 1. The van der Waals surface area contributed by atoms with Crippen LogP contribution in [0.3, 0.4) is 0 Å². The third-order valence-electron chi connectivity index (χ3n) is 2.52. The highest BCUT2D eigenvalue weighted by Crippen LogP contribution is 2.18. The second-order valence-corrected chi connectivity index (χ2v) is 5.20. The van der Waals surface area contributed by atoms with Gasteiger partial charge >= 0.3 is 0 Å². The minimum absolute atomic E-state index is 0.307. The lowest BCUT2D eigenvalue weighted by atomic mass is 9.95. The van der Waals surface area contributed by atoms with Crippen molar-refractivity contribution >= 4 is 0 Å². The molecular formula is C12H23N. The van der Waals surface area contributed by atoms with Crippen LogP contribution in [-0.2, 0) is 0 Å². The maximum Gasteiger partial charge on any atom is 0.0255 e. The van der Waals surface area contributed by atoms with Gasteiger partial charge in [0.25, 0.3) is 0 Å². The summed E-state index contributed by atoms with van der Waals surface area (Å²) >= 11 is 0. The van der Waals surface area contributed by atoms with Crippen LogP contribution in [0.4, 0.5) is 0 Å². The molecule has 0 unspecified atom stereocenters. The van der Waals surface area contributed by atoms with Gasteiger partial charge in [-0.1, -0.05) is 46.1 Å². The van der Waals surface area contributed by atoms with Crippen molar-refractivity contribution in [3.8, 4) is 0 Å².